The van der Waals surface area contributed by atoms with Crippen molar-refractivity contribution in [3.05, 3.63) is 118 Å². The molecule has 0 amide bonds. The van der Waals surface area contributed by atoms with E-state index in [1.807, 2.05) is 74.5 Å². The van der Waals surface area contributed by atoms with Crippen LogP contribution in [0.15, 0.2) is 95.3 Å². The van der Waals surface area contributed by atoms with E-state index >= 15 is 0 Å². The van der Waals surface area contributed by atoms with Crippen molar-refractivity contribution in [2.45, 2.75) is 45.6 Å². The van der Waals surface area contributed by atoms with Crippen molar-refractivity contribution >= 4 is 11.8 Å². The van der Waals surface area contributed by atoms with Crippen molar-refractivity contribution in [3.8, 4) is 23.8 Å². The third-order valence-corrected chi connectivity index (χ3v) is 7.05. The summed E-state index contributed by atoms with van der Waals surface area (Å²) in [5, 5.41) is 12.1. The molecule has 2 N–H and O–H groups in total. The number of dihydropyridines is 1. The quantitative estimate of drug-likeness (QED) is 0.304. The first-order valence-corrected chi connectivity index (χ1v) is 13.1. The van der Waals surface area contributed by atoms with Crippen LogP contribution in [0, 0.1) is 19.3 Å². The van der Waals surface area contributed by atoms with Crippen molar-refractivity contribution < 1.29 is 24.2 Å². The maximum absolute atomic E-state index is 13.0. The van der Waals surface area contributed by atoms with Crippen LogP contribution < -0.4 is 10.1 Å². The minimum atomic E-state index is -0.415. The van der Waals surface area contributed by atoms with Crippen molar-refractivity contribution in [3.63, 3.8) is 0 Å². The van der Waals surface area contributed by atoms with Gasteiger partial charge in [-0.05, 0) is 67.3 Å². The van der Waals surface area contributed by atoms with Gasteiger partial charge >= 0.3 is 5.97 Å². The molecule has 1 aliphatic heterocycles. The van der Waals surface area contributed by atoms with Crippen molar-refractivity contribution in [2.75, 3.05) is 7.11 Å². The molecule has 1 aliphatic carbocycles. The second-order valence-electron chi connectivity index (χ2n) is 9.89. The molecule has 0 aromatic heterocycles. The van der Waals surface area contributed by atoms with E-state index < -0.39 is 5.97 Å². The van der Waals surface area contributed by atoms with E-state index in [1.54, 1.807) is 19.2 Å². The van der Waals surface area contributed by atoms with Gasteiger partial charge in [-0.3, -0.25) is 4.79 Å². The van der Waals surface area contributed by atoms with E-state index in [2.05, 4.69) is 11.2 Å². The Balaban J connectivity index is 0.000000398. The topological polar surface area (TPSA) is 84.9 Å². The van der Waals surface area contributed by atoms with E-state index in [4.69, 9.17) is 21.0 Å². The number of hydrogen-bond acceptors (Lipinski definition) is 6. The van der Waals surface area contributed by atoms with Gasteiger partial charge in [-0.1, -0.05) is 48.4 Å². The lowest BCUT2D eigenvalue weighted by Gasteiger charge is -2.32. The number of para-hydroxylation sites is 1. The van der Waals surface area contributed by atoms with Gasteiger partial charge in [0.2, 0.25) is 0 Å². The lowest BCUT2D eigenvalue weighted by molar-refractivity contribution is -0.140. The average Bonchev–Trinajstić information content (AvgIpc) is 2.96. The van der Waals surface area contributed by atoms with Gasteiger partial charge in [-0.25, -0.2) is 4.79 Å². The molecule has 3 aromatic rings. The Bertz CT molecular complexity index is 1490. The highest BCUT2D eigenvalue weighted by Gasteiger charge is 2.34. The molecule has 6 nitrogen and oxygen atoms in total. The predicted octanol–water partition coefficient (Wildman–Crippen LogP) is 6.09. The molecule has 0 fully saturated rings. The molecule has 0 saturated heterocycles. The molecule has 40 heavy (non-hydrogen) atoms. The van der Waals surface area contributed by atoms with Gasteiger partial charge < -0.3 is 19.9 Å². The molecule has 5 rings (SSSR count). The van der Waals surface area contributed by atoms with Gasteiger partial charge in [0.05, 0.1) is 12.7 Å². The highest BCUT2D eigenvalue weighted by atomic mass is 16.5. The van der Waals surface area contributed by atoms with Gasteiger partial charge in [0.25, 0.3) is 0 Å². The second-order valence-corrected chi connectivity index (χ2v) is 9.89. The number of phenols is 1. The Morgan fingerprint density at radius 1 is 1.05 bits per heavy atom. The number of hydrogen-bond donors (Lipinski definition) is 2. The lowest BCUT2D eigenvalue weighted by atomic mass is 9.78. The molecule has 0 radical (unpaired) electrons. The fourth-order valence-electron chi connectivity index (χ4n) is 4.91. The number of nitrogens with one attached hydrogen (secondary N) is 1. The molecular formula is C34H33NO5. The number of Topliss-reactive ketones (excluding diaryl/α,β-unsaturated/α-hetero) is 1. The van der Waals surface area contributed by atoms with Crippen LogP contribution >= 0.6 is 0 Å². The average molecular weight is 536 g/mol. The largest absolute Gasteiger partial charge is 0.508 e. The normalized spacial score (nSPS) is 16.1. The molecule has 0 bridgehead atoms. The number of aromatic hydroxyl groups is 1. The van der Waals surface area contributed by atoms with E-state index in [-0.39, 0.29) is 18.3 Å². The molecule has 0 unspecified atom stereocenters. The SMILES string of the molecule is C#Cc1ccc(COC(=O)C2=C(C)NC3=C(C2)C(=O)C[C@H](c2ccccc2OC)C3)cc1.Cc1cccc(O)c1. The number of carbonyl (C=O) groups is 2. The molecule has 1 atom stereocenters. The maximum atomic E-state index is 13.0. The maximum Gasteiger partial charge on any atom is 0.336 e. The number of ketones is 1. The third-order valence-electron chi connectivity index (χ3n) is 7.05. The monoisotopic (exact) mass is 535 g/mol. The standard InChI is InChI=1S/C27H25NO4.C7H8O/c1-4-18-9-11-19(12-10-18)16-32-27(30)22-15-23-24(28-17(22)2)13-20(14-25(23)29)21-7-5-6-8-26(21)31-3;1-6-3-2-4-7(8)5-6/h1,5-12,20,28H,13-16H2,2-3H3;2-5,8H,1H3/t20-;/m1./s1. The van der Waals surface area contributed by atoms with Crippen LogP contribution in [-0.2, 0) is 20.9 Å². The number of aryl methyl sites for hydroxylation is 1. The van der Waals surface area contributed by atoms with E-state index in [0.717, 1.165) is 39.4 Å². The Hall–Kier alpha value is -4.76. The first-order chi connectivity index (χ1) is 19.3. The van der Waals surface area contributed by atoms with Crippen molar-refractivity contribution in [1.29, 1.82) is 0 Å². The molecule has 0 spiro atoms. The first kappa shape index (κ1) is 28.3. The summed E-state index contributed by atoms with van der Waals surface area (Å²) in [7, 11) is 1.64. The zero-order valence-electron chi connectivity index (χ0n) is 23.0. The first-order valence-electron chi connectivity index (χ1n) is 13.1. The number of rotatable bonds is 5. The second kappa shape index (κ2) is 12.9. The third kappa shape index (κ3) is 6.81. The number of benzene rings is 3. The highest BCUT2D eigenvalue weighted by molar-refractivity contribution is 6.01. The summed E-state index contributed by atoms with van der Waals surface area (Å²) in [6.07, 6.45) is 6.75. The number of ether oxygens (including phenoxy) is 2. The zero-order chi connectivity index (χ0) is 28.6. The Labute approximate surface area is 235 Å². The van der Waals surface area contributed by atoms with Gasteiger partial charge in [0, 0.05) is 41.3 Å². The molecule has 3 aromatic carbocycles. The van der Waals surface area contributed by atoms with Crippen LogP contribution in [0.3, 0.4) is 0 Å². The number of terminal acetylenes is 1. The summed E-state index contributed by atoms with van der Waals surface area (Å²) in [6.45, 7) is 3.94. The summed E-state index contributed by atoms with van der Waals surface area (Å²) < 4.78 is 11.0. The number of methoxy groups -OCH3 is 1. The summed E-state index contributed by atoms with van der Waals surface area (Å²) >= 11 is 0. The Morgan fingerprint density at radius 2 is 1.80 bits per heavy atom. The minimum absolute atomic E-state index is 0.0391. The summed E-state index contributed by atoms with van der Waals surface area (Å²) in [5.41, 5.74) is 6.52. The number of esters is 1. The van der Waals surface area contributed by atoms with Crippen molar-refractivity contribution in [2.24, 2.45) is 0 Å². The van der Waals surface area contributed by atoms with Crippen LogP contribution in [0.4, 0.5) is 0 Å². The number of allylic oxidation sites excluding steroid dienone is 3. The van der Waals surface area contributed by atoms with Gasteiger partial charge in [0.1, 0.15) is 18.1 Å². The fourth-order valence-corrected chi connectivity index (χ4v) is 4.91. The van der Waals surface area contributed by atoms with E-state index in [0.29, 0.717) is 36.2 Å². The highest BCUT2D eigenvalue weighted by Crippen LogP contribution is 2.41. The summed E-state index contributed by atoms with van der Waals surface area (Å²) in [6, 6.07) is 22.3. The van der Waals surface area contributed by atoms with Gasteiger partial charge in [0.15, 0.2) is 5.78 Å². The minimum Gasteiger partial charge on any atom is -0.508 e. The van der Waals surface area contributed by atoms with E-state index in [1.165, 1.54) is 0 Å². The molecular weight excluding hydrogens is 502 g/mol. The Kier molecular flexibility index (Phi) is 9.08. The van der Waals surface area contributed by atoms with E-state index in [9.17, 15) is 9.59 Å². The van der Waals surface area contributed by atoms with Crippen LogP contribution in [0.1, 0.15) is 54.4 Å². The van der Waals surface area contributed by atoms with Crippen LogP contribution in [0.2, 0.25) is 0 Å². The zero-order valence-corrected chi connectivity index (χ0v) is 23.0. The van der Waals surface area contributed by atoms with Gasteiger partial charge in [-0.2, -0.15) is 0 Å². The molecule has 0 saturated carbocycles. The number of carbonyl (C=O) groups excluding carboxylic acids is 2. The lowest BCUT2D eigenvalue weighted by Crippen LogP contribution is -2.31. The summed E-state index contributed by atoms with van der Waals surface area (Å²) in [4.78, 5) is 25.7. The molecule has 1 heterocycles. The molecule has 6 heteroatoms. The molecule has 204 valence electrons. The molecule has 2 aliphatic rings. The van der Waals surface area contributed by atoms with Crippen LogP contribution in [-0.4, -0.2) is 24.0 Å². The van der Waals surface area contributed by atoms with Gasteiger partial charge in [-0.15, -0.1) is 6.42 Å². The fraction of sp³-hybridized carbons (Fsp3) is 0.235. The van der Waals surface area contributed by atoms with Crippen LogP contribution in [0.25, 0.3) is 0 Å². The smallest absolute Gasteiger partial charge is 0.336 e. The summed E-state index contributed by atoms with van der Waals surface area (Å²) in [5.74, 6) is 3.36. The predicted molar refractivity (Wildman–Crippen MR) is 154 cm³/mol. The number of phenolic OH excluding ortho intramolecular Hbond substituents is 1. The Morgan fingerprint density at radius 3 is 2.45 bits per heavy atom. The van der Waals surface area contributed by atoms with Crippen LogP contribution in [0.5, 0.6) is 11.5 Å². The van der Waals surface area contributed by atoms with Crippen molar-refractivity contribution in [1.82, 2.24) is 5.32 Å².